The van der Waals surface area contributed by atoms with Gasteiger partial charge in [0.05, 0.1) is 17.3 Å². The van der Waals surface area contributed by atoms with E-state index in [0.717, 1.165) is 22.0 Å². The van der Waals surface area contributed by atoms with Gasteiger partial charge in [0.2, 0.25) is 5.95 Å². The van der Waals surface area contributed by atoms with E-state index >= 15 is 0 Å². The van der Waals surface area contributed by atoms with E-state index in [1.54, 1.807) is 6.20 Å². The smallest absolute Gasteiger partial charge is 0.222 e. The molecule has 96 valence electrons. The number of rotatable bonds is 1. The van der Waals surface area contributed by atoms with Crippen molar-refractivity contribution < 1.29 is 0 Å². The molecule has 0 saturated carbocycles. The maximum Gasteiger partial charge on any atom is 0.222 e. The molecule has 5 heteroatoms. The third-order valence-corrected chi connectivity index (χ3v) is 3.37. The second kappa shape index (κ2) is 4.03. The van der Waals surface area contributed by atoms with Gasteiger partial charge in [-0.25, -0.2) is 4.98 Å². The van der Waals surface area contributed by atoms with E-state index in [2.05, 4.69) is 38.4 Å². The van der Waals surface area contributed by atoms with Crippen LogP contribution in [0.2, 0.25) is 0 Å². The summed E-state index contributed by atoms with van der Waals surface area (Å²) in [6.45, 7) is 0. The third kappa shape index (κ3) is 1.53. The Labute approximate surface area is 114 Å². The highest BCUT2D eigenvalue weighted by Crippen LogP contribution is 2.31. The lowest BCUT2D eigenvalue weighted by atomic mass is 10.0. The Bertz CT molecular complexity index is 921. The monoisotopic (exact) mass is 261 g/mol. The topological polar surface area (TPSA) is 80.5 Å². The van der Waals surface area contributed by atoms with Crippen molar-refractivity contribution in [2.45, 2.75) is 0 Å². The first-order valence-electron chi connectivity index (χ1n) is 6.27. The number of aromatic nitrogens is 4. The molecule has 3 N–H and O–H groups in total. The molecule has 2 heterocycles. The Hall–Kier alpha value is -2.95. The zero-order valence-corrected chi connectivity index (χ0v) is 10.5. The molecule has 4 aromatic rings. The fourth-order valence-electron chi connectivity index (χ4n) is 2.49. The van der Waals surface area contributed by atoms with Crippen molar-refractivity contribution in [2.24, 2.45) is 0 Å². The first-order valence-corrected chi connectivity index (χ1v) is 6.27. The SMILES string of the molecule is Nc1nc(-c2cccc3ccccc23)c2cn[nH]c2n1. The van der Waals surface area contributed by atoms with Crippen LogP contribution in [0.3, 0.4) is 0 Å². The minimum atomic E-state index is 0.240. The minimum absolute atomic E-state index is 0.240. The first-order chi connectivity index (χ1) is 9.83. The Morgan fingerprint density at radius 2 is 1.75 bits per heavy atom. The standard InChI is InChI=1S/C15H11N5/c16-15-18-13(12-8-17-20-14(12)19-15)11-7-3-5-9-4-1-2-6-10(9)11/h1-8H,(H3,16,17,18,19,20). The lowest BCUT2D eigenvalue weighted by molar-refractivity contribution is 1.09. The number of H-pyrrole nitrogens is 1. The fraction of sp³-hybridized carbons (Fsp3) is 0. The number of aromatic amines is 1. The molecule has 0 bridgehead atoms. The van der Waals surface area contributed by atoms with Crippen LogP contribution in [0, 0.1) is 0 Å². The average molecular weight is 261 g/mol. The summed E-state index contributed by atoms with van der Waals surface area (Å²) < 4.78 is 0. The van der Waals surface area contributed by atoms with E-state index in [0.29, 0.717) is 5.65 Å². The van der Waals surface area contributed by atoms with E-state index in [1.807, 2.05) is 24.3 Å². The number of nitrogens with zero attached hydrogens (tertiary/aromatic N) is 3. The van der Waals surface area contributed by atoms with Crippen LogP contribution in [0.15, 0.2) is 48.7 Å². The third-order valence-electron chi connectivity index (χ3n) is 3.37. The lowest BCUT2D eigenvalue weighted by Crippen LogP contribution is -1.97. The Kier molecular flexibility index (Phi) is 2.20. The zero-order valence-electron chi connectivity index (χ0n) is 10.5. The van der Waals surface area contributed by atoms with Crippen LogP contribution >= 0.6 is 0 Å². The number of fused-ring (bicyclic) bond motifs is 2. The Morgan fingerprint density at radius 1 is 0.900 bits per heavy atom. The Balaban J connectivity index is 2.14. The zero-order chi connectivity index (χ0) is 13.5. The van der Waals surface area contributed by atoms with Crippen LogP contribution in [-0.2, 0) is 0 Å². The van der Waals surface area contributed by atoms with Crippen LogP contribution in [0.5, 0.6) is 0 Å². The predicted molar refractivity (Wildman–Crippen MR) is 79.0 cm³/mol. The molecule has 20 heavy (non-hydrogen) atoms. The van der Waals surface area contributed by atoms with E-state index in [-0.39, 0.29) is 5.95 Å². The highest BCUT2D eigenvalue weighted by atomic mass is 15.2. The van der Waals surface area contributed by atoms with Crippen molar-refractivity contribution in [3.05, 3.63) is 48.7 Å². The van der Waals surface area contributed by atoms with Gasteiger partial charge in [-0.15, -0.1) is 0 Å². The number of nitrogens with two attached hydrogens (primary N) is 1. The highest BCUT2D eigenvalue weighted by Gasteiger charge is 2.12. The molecule has 0 aliphatic carbocycles. The Morgan fingerprint density at radius 3 is 2.70 bits per heavy atom. The van der Waals surface area contributed by atoms with Crippen molar-refractivity contribution in [1.82, 2.24) is 20.2 Å². The maximum atomic E-state index is 5.80. The van der Waals surface area contributed by atoms with Crippen LogP contribution in [0.1, 0.15) is 0 Å². The number of hydrogen-bond acceptors (Lipinski definition) is 4. The maximum absolute atomic E-state index is 5.80. The highest BCUT2D eigenvalue weighted by molar-refractivity contribution is 6.02. The molecule has 2 aromatic heterocycles. The summed E-state index contributed by atoms with van der Waals surface area (Å²) in [5, 5.41) is 10.0. The van der Waals surface area contributed by atoms with Gasteiger partial charge in [-0.2, -0.15) is 10.1 Å². The normalized spacial score (nSPS) is 11.2. The summed E-state index contributed by atoms with van der Waals surface area (Å²) in [6.07, 6.45) is 1.73. The molecule has 0 atom stereocenters. The molecule has 4 rings (SSSR count). The quantitative estimate of drug-likeness (QED) is 0.552. The van der Waals surface area contributed by atoms with Crippen molar-refractivity contribution in [2.75, 3.05) is 5.73 Å². The molecule has 2 aromatic carbocycles. The van der Waals surface area contributed by atoms with E-state index in [1.165, 1.54) is 5.39 Å². The van der Waals surface area contributed by atoms with Gasteiger partial charge in [0.1, 0.15) is 0 Å². The van der Waals surface area contributed by atoms with Gasteiger partial charge in [0, 0.05) is 5.56 Å². The first kappa shape index (κ1) is 10.9. The van der Waals surface area contributed by atoms with E-state index in [4.69, 9.17) is 5.73 Å². The molecular weight excluding hydrogens is 250 g/mol. The summed E-state index contributed by atoms with van der Waals surface area (Å²) in [4.78, 5) is 8.55. The largest absolute Gasteiger partial charge is 0.368 e. The van der Waals surface area contributed by atoms with Gasteiger partial charge in [-0.3, -0.25) is 5.10 Å². The van der Waals surface area contributed by atoms with Gasteiger partial charge in [0.15, 0.2) is 5.65 Å². The van der Waals surface area contributed by atoms with Gasteiger partial charge in [0.25, 0.3) is 0 Å². The van der Waals surface area contributed by atoms with Crippen LogP contribution in [-0.4, -0.2) is 20.2 Å². The minimum Gasteiger partial charge on any atom is -0.368 e. The van der Waals surface area contributed by atoms with Gasteiger partial charge < -0.3 is 5.73 Å². The molecule has 0 aliphatic heterocycles. The average Bonchev–Trinajstić information content (AvgIpc) is 2.94. The number of benzene rings is 2. The van der Waals surface area contributed by atoms with Gasteiger partial charge >= 0.3 is 0 Å². The molecule has 0 aliphatic rings. The summed E-state index contributed by atoms with van der Waals surface area (Å²) >= 11 is 0. The molecule has 0 unspecified atom stereocenters. The van der Waals surface area contributed by atoms with E-state index in [9.17, 15) is 0 Å². The van der Waals surface area contributed by atoms with Crippen LogP contribution in [0.4, 0.5) is 5.95 Å². The molecular formula is C15H11N5. The number of anilines is 1. The molecule has 0 fully saturated rings. The second-order valence-electron chi connectivity index (χ2n) is 4.59. The number of nitrogens with one attached hydrogen (secondary N) is 1. The molecule has 0 radical (unpaired) electrons. The summed E-state index contributed by atoms with van der Waals surface area (Å²) in [7, 11) is 0. The van der Waals surface area contributed by atoms with Crippen LogP contribution < -0.4 is 5.73 Å². The number of hydrogen-bond donors (Lipinski definition) is 2. The van der Waals surface area contributed by atoms with Gasteiger partial charge in [-0.05, 0) is 10.8 Å². The fourth-order valence-corrected chi connectivity index (χ4v) is 2.49. The summed E-state index contributed by atoms with van der Waals surface area (Å²) in [5.41, 5.74) is 8.28. The molecule has 0 spiro atoms. The summed E-state index contributed by atoms with van der Waals surface area (Å²) in [6, 6.07) is 14.3. The van der Waals surface area contributed by atoms with E-state index < -0.39 is 0 Å². The summed E-state index contributed by atoms with van der Waals surface area (Å²) in [5.74, 6) is 0.240. The molecule has 0 amide bonds. The predicted octanol–water partition coefficient (Wildman–Crippen LogP) is 2.76. The van der Waals surface area contributed by atoms with Crippen LogP contribution in [0.25, 0.3) is 33.1 Å². The van der Waals surface area contributed by atoms with Crippen molar-refractivity contribution in [3.63, 3.8) is 0 Å². The molecule has 5 nitrogen and oxygen atoms in total. The van der Waals surface area contributed by atoms with Gasteiger partial charge in [-0.1, -0.05) is 42.5 Å². The van der Waals surface area contributed by atoms with Crippen molar-refractivity contribution in [1.29, 1.82) is 0 Å². The lowest BCUT2D eigenvalue weighted by Gasteiger charge is -2.07. The van der Waals surface area contributed by atoms with Crippen molar-refractivity contribution >= 4 is 27.8 Å². The number of nitrogen functional groups attached to an aromatic ring is 1. The van der Waals surface area contributed by atoms with Crippen molar-refractivity contribution in [3.8, 4) is 11.3 Å². The second-order valence-corrected chi connectivity index (χ2v) is 4.59. The molecule has 0 saturated heterocycles.